The maximum Gasteiger partial charge on any atom is 0.416 e. The first-order valence-electron chi connectivity index (χ1n) is 7.43. The molecule has 1 aromatic heterocycles. The molecule has 0 radical (unpaired) electrons. The summed E-state index contributed by atoms with van der Waals surface area (Å²) in [5.74, 6) is -0.662. The third-order valence-electron chi connectivity index (χ3n) is 3.65. The molecule has 0 saturated carbocycles. The minimum absolute atomic E-state index is 0.0517. The summed E-state index contributed by atoms with van der Waals surface area (Å²) in [5, 5.41) is 1.03. The van der Waals surface area contributed by atoms with Crippen molar-refractivity contribution in [2.24, 2.45) is 0 Å². The van der Waals surface area contributed by atoms with Crippen LogP contribution >= 0.6 is 34.5 Å². The summed E-state index contributed by atoms with van der Waals surface area (Å²) >= 11 is 13.1. The Morgan fingerprint density at radius 2 is 1.67 bits per heavy atom. The average Bonchev–Trinajstić information content (AvgIpc) is 3.08. The zero-order valence-corrected chi connectivity index (χ0v) is 15.9. The second-order valence-electron chi connectivity index (χ2n) is 5.39. The number of ether oxygens (including phenoxy) is 1. The predicted molar refractivity (Wildman–Crippen MR) is 99.3 cm³/mol. The summed E-state index contributed by atoms with van der Waals surface area (Å²) in [4.78, 5) is 16.8. The molecule has 1 heterocycles. The first kappa shape index (κ1) is 19.7. The maximum atomic E-state index is 12.7. The third-order valence-corrected chi connectivity index (χ3v) is 5.54. The molecule has 3 rings (SSSR count). The zero-order valence-electron chi connectivity index (χ0n) is 13.6. The largest absolute Gasteiger partial charge is 0.464 e. The third kappa shape index (κ3) is 4.10. The Hall–Kier alpha value is -2.09. The molecule has 140 valence electrons. The van der Waals surface area contributed by atoms with Gasteiger partial charge < -0.3 is 4.74 Å². The molecule has 0 aliphatic heterocycles. The molecule has 0 bridgehead atoms. The van der Waals surface area contributed by atoms with Crippen LogP contribution in [0.5, 0.6) is 0 Å². The van der Waals surface area contributed by atoms with Gasteiger partial charge in [-0.25, -0.2) is 9.78 Å². The van der Waals surface area contributed by atoms with Crippen LogP contribution in [0.15, 0.2) is 42.5 Å². The highest BCUT2D eigenvalue weighted by Gasteiger charge is 2.30. The molecule has 2 aromatic carbocycles. The molecule has 0 N–H and O–H groups in total. The Morgan fingerprint density at radius 3 is 2.22 bits per heavy atom. The molecule has 0 spiro atoms. The van der Waals surface area contributed by atoms with Crippen LogP contribution in [0.3, 0.4) is 0 Å². The highest BCUT2D eigenvalue weighted by molar-refractivity contribution is 7.18. The number of alkyl halides is 3. The molecule has 0 amide bonds. The van der Waals surface area contributed by atoms with E-state index in [1.54, 1.807) is 18.2 Å². The van der Waals surface area contributed by atoms with Gasteiger partial charge in [0.2, 0.25) is 0 Å². The predicted octanol–water partition coefficient (Wildman–Crippen LogP) is 6.59. The van der Waals surface area contributed by atoms with Gasteiger partial charge >= 0.3 is 12.1 Å². The fourth-order valence-electron chi connectivity index (χ4n) is 2.31. The van der Waals surface area contributed by atoms with E-state index < -0.39 is 17.7 Å². The maximum absolute atomic E-state index is 12.7. The standard InChI is InChI=1S/C18H10Cl2F3NO2S/c1-26-17(25)14-15(10-4-7-12(19)13(20)8-10)27-16(24-14)9-2-5-11(6-3-9)18(21,22)23/h2-8H,1H3. The van der Waals surface area contributed by atoms with Gasteiger partial charge in [0.15, 0.2) is 5.69 Å². The van der Waals surface area contributed by atoms with Gasteiger partial charge in [-0.15, -0.1) is 11.3 Å². The summed E-state index contributed by atoms with van der Waals surface area (Å²) in [5.41, 5.74) is 0.335. The van der Waals surface area contributed by atoms with E-state index in [4.69, 9.17) is 27.9 Å². The molecule has 0 fully saturated rings. The lowest BCUT2D eigenvalue weighted by Gasteiger charge is -2.06. The van der Waals surface area contributed by atoms with Gasteiger partial charge in [0.05, 0.1) is 27.6 Å². The Balaban J connectivity index is 2.09. The number of carbonyl (C=O) groups is 1. The first-order valence-corrected chi connectivity index (χ1v) is 9.00. The first-order chi connectivity index (χ1) is 12.7. The van der Waals surface area contributed by atoms with Gasteiger partial charge in [-0.1, -0.05) is 41.4 Å². The van der Waals surface area contributed by atoms with E-state index in [-0.39, 0.29) is 5.69 Å². The SMILES string of the molecule is COC(=O)c1nc(-c2ccc(C(F)(F)F)cc2)sc1-c1ccc(Cl)c(Cl)c1. The number of aromatic nitrogens is 1. The molecule has 0 atom stereocenters. The van der Waals surface area contributed by atoms with E-state index in [2.05, 4.69) is 4.98 Å². The lowest BCUT2D eigenvalue weighted by molar-refractivity contribution is -0.137. The topological polar surface area (TPSA) is 39.2 Å². The van der Waals surface area contributed by atoms with Gasteiger partial charge in [0, 0.05) is 5.56 Å². The van der Waals surface area contributed by atoms with Gasteiger partial charge in [-0.2, -0.15) is 13.2 Å². The normalized spacial score (nSPS) is 11.5. The van der Waals surface area contributed by atoms with Crippen LogP contribution in [-0.4, -0.2) is 18.1 Å². The number of methoxy groups -OCH3 is 1. The molecule has 0 aliphatic rings. The van der Waals surface area contributed by atoms with Crippen LogP contribution < -0.4 is 0 Å². The summed E-state index contributed by atoms with van der Waals surface area (Å²) < 4.78 is 43.0. The van der Waals surface area contributed by atoms with Crippen LogP contribution in [0.1, 0.15) is 16.1 Å². The van der Waals surface area contributed by atoms with E-state index in [1.807, 2.05) is 0 Å². The fraction of sp³-hybridized carbons (Fsp3) is 0.111. The average molecular weight is 432 g/mol. The molecule has 0 aliphatic carbocycles. The Kier molecular flexibility index (Phi) is 5.46. The zero-order chi connectivity index (χ0) is 19.8. The number of hydrogen-bond donors (Lipinski definition) is 0. The fourth-order valence-corrected chi connectivity index (χ4v) is 3.67. The lowest BCUT2D eigenvalue weighted by Crippen LogP contribution is -2.04. The Bertz CT molecular complexity index is 1000. The van der Waals surface area contributed by atoms with Crippen LogP contribution in [0.25, 0.3) is 21.0 Å². The summed E-state index contributed by atoms with van der Waals surface area (Å²) in [6.45, 7) is 0. The monoisotopic (exact) mass is 431 g/mol. The summed E-state index contributed by atoms with van der Waals surface area (Å²) in [6.07, 6.45) is -4.43. The van der Waals surface area contributed by atoms with Crippen LogP contribution in [-0.2, 0) is 10.9 Å². The second kappa shape index (κ2) is 7.50. The molecule has 0 saturated heterocycles. The van der Waals surface area contributed by atoms with Crippen molar-refractivity contribution in [3.8, 4) is 21.0 Å². The number of hydrogen-bond acceptors (Lipinski definition) is 4. The van der Waals surface area contributed by atoms with Crippen molar-refractivity contribution in [1.29, 1.82) is 0 Å². The van der Waals surface area contributed by atoms with Gasteiger partial charge in [0.25, 0.3) is 0 Å². The number of esters is 1. The van der Waals surface area contributed by atoms with E-state index in [0.717, 1.165) is 23.5 Å². The van der Waals surface area contributed by atoms with Crippen molar-refractivity contribution in [1.82, 2.24) is 4.98 Å². The smallest absolute Gasteiger partial charge is 0.416 e. The highest BCUT2D eigenvalue weighted by atomic mass is 35.5. The number of carbonyl (C=O) groups excluding carboxylic acids is 1. The second-order valence-corrected chi connectivity index (χ2v) is 7.21. The Labute approximate surface area is 166 Å². The van der Waals surface area contributed by atoms with Crippen molar-refractivity contribution in [3.63, 3.8) is 0 Å². The minimum atomic E-state index is -4.43. The highest BCUT2D eigenvalue weighted by Crippen LogP contribution is 2.39. The number of nitrogens with zero attached hydrogens (tertiary/aromatic N) is 1. The van der Waals surface area contributed by atoms with E-state index in [9.17, 15) is 18.0 Å². The number of rotatable bonds is 3. The lowest BCUT2D eigenvalue weighted by atomic mass is 10.1. The quantitative estimate of drug-likeness (QED) is 0.439. The minimum Gasteiger partial charge on any atom is -0.464 e. The molecule has 0 unspecified atom stereocenters. The van der Waals surface area contributed by atoms with Gasteiger partial charge in [-0.3, -0.25) is 0 Å². The molecule has 9 heteroatoms. The number of thiazole rings is 1. The van der Waals surface area contributed by atoms with Crippen LogP contribution in [0.2, 0.25) is 10.0 Å². The van der Waals surface area contributed by atoms with Crippen LogP contribution in [0.4, 0.5) is 13.2 Å². The van der Waals surface area contributed by atoms with Gasteiger partial charge in [0.1, 0.15) is 5.01 Å². The summed E-state index contributed by atoms with van der Waals surface area (Å²) in [7, 11) is 1.22. The number of benzene rings is 2. The number of halogens is 5. The van der Waals surface area contributed by atoms with Crippen molar-refractivity contribution >= 4 is 40.5 Å². The van der Waals surface area contributed by atoms with Gasteiger partial charge in [-0.05, 0) is 29.8 Å². The van der Waals surface area contributed by atoms with E-state index in [0.29, 0.717) is 31.1 Å². The molecule has 3 aromatic rings. The van der Waals surface area contributed by atoms with Crippen molar-refractivity contribution in [3.05, 3.63) is 63.8 Å². The Morgan fingerprint density at radius 1 is 1.04 bits per heavy atom. The van der Waals surface area contributed by atoms with Crippen LogP contribution in [0, 0.1) is 0 Å². The molecular weight excluding hydrogens is 422 g/mol. The molecule has 3 nitrogen and oxygen atoms in total. The van der Waals surface area contributed by atoms with Crippen molar-refractivity contribution in [2.45, 2.75) is 6.18 Å². The summed E-state index contributed by atoms with van der Waals surface area (Å²) in [6, 6.07) is 9.38. The molecule has 27 heavy (non-hydrogen) atoms. The van der Waals surface area contributed by atoms with Crippen molar-refractivity contribution < 1.29 is 22.7 Å². The van der Waals surface area contributed by atoms with E-state index in [1.165, 1.54) is 19.2 Å². The van der Waals surface area contributed by atoms with E-state index >= 15 is 0 Å². The van der Waals surface area contributed by atoms with Crippen molar-refractivity contribution in [2.75, 3.05) is 7.11 Å². The molecular formula is C18H10Cl2F3NO2S.